The van der Waals surface area contributed by atoms with E-state index in [0.717, 1.165) is 44.6 Å². The zero-order valence-electron chi connectivity index (χ0n) is 17.2. The fourth-order valence-corrected chi connectivity index (χ4v) is 3.77. The number of ether oxygens (including phenoxy) is 2. The van der Waals surface area contributed by atoms with E-state index in [1.165, 1.54) is 6.08 Å². The van der Waals surface area contributed by atoms with Crippen LogP contribution in [0.2, 0.25) is 5.02 Å². The van der Waals surface area contributed by atoms with E-state index in [1.807, 2.05) is 0 Å². The Morgan fingerprint density at radius 3 is 2.55 bits per heavy atom. The molecule has 0 aromatic heterocycles. The van der Waals surface area contributed by atoms with Gasteiger partial charge >= 0.3 is 6.18 Å². The zero-order chi connectivity index (χ0) is 24.6. The van der Waals surface area contributed by atoms with Gasteiger partial charge in [0, 0.05) is 24.4 Å². The smallest absolute Gasteiger partial charge is 0.421 e. The summed E-state index contributed by atoms with van der Waals surface area (Å²) in [6.45, 7) is -1.28. The van der Waals surface area contributed by atoms with Crippen molar-refractivity contribution in [2.45, 2.75) is 17.8 Å². The molecule has 2 aliphatic rings. The molecule has 1 aliphatic carbocycles. The van der Waals surface area contributed by atoms with Crippen LogP contribution in [0.1, 0.15) is 11.6 Å². The van der Waals surface area contributed by atoms with Crippen LogP contribution in [0.15, 0.2) is 53.0 Å². The van der Waals surface area contributed by atoms with Crippen LogP contribution >= 0.6 is 11.6 Å². The number of aliphatic imine (C=N–C) groups is 1. The molecule has 3 atom stereocenters. The number of aliphatic hydroxyl groups is 1. The monoisotopic (exact) mass is 492 g/mol. The minimum Gasteiger partial charge on any atom is -0.494 e. The molecule has 2 N–H and O–H groups in total. The summed E-state index contributed by atoms with van der Waals surface area (Å²) in [5.41, 5.74) is -4.44. The molecule has 0 saturated heterocycles. The van der Waals surface area contributed by atoms with Gasteiger partial charge in [0.05, 0.1) is 30.4 Å². The van der Waals surface area contributed by atoms with Crippen molar-refractivity contribution in [2.24, 2.45) is 10.9 Å². The van der Waals surface area contributed by atoms with Crippen LogP contribution < -0.4 is 10.1 Å². The molecule has 0 saturated carbocycles. The highest BCUT2D eigenvalue weighted by atomic mass is 35.5. The van der Waals surface area contributed by atoms with Gasteiger partial charge in [-0.1, -0.05) is 23.7 Å². The number of alkyl halides is 3. The Labute approximate surface area is 190 Å². The molecule has 1 aromatic carbocycles. The van der Waals surface area contributed by atoms with Crippen LogP contribution in [0.5, 0.6) is 5.75 Å². The van der Waals surface area contributed by atoms with Gasteiger partial charge in [-0.15, -0.1) is 0 Å². The van der Waals surface area contributed by atoms with Crippen molar-refractivity contribution in [3.8, 4) is 5.75 Å². The number of allylic oxidation sites excluding steroid dienone is 4. The fourth-order valence-electron chi connectivity index (χ4n) is 3.51. The maximum atomic E-state index is 14.6. The third-order valence-electron chi connectivity index (χ3n) is 5.12. The van der Waals surface area contributed by atoms with Crippen molar-refractivity contribution in [3.63, 3.8) is 0 Å². The summed E-state index contributed by atoms with van der Waals surface area (Å²) in [4.78, 5) is 15.6. The number of amides is 1. The summed E-state index contributed by atoms with van der Waals surface area (Å²) in [5, 5.41) is 12.4. The predicted octanol–water partition coefficient (Wildman–Crippen LogP) is 3.96. The van der Waals surface area contributed by atoms with E-state index < -0.39 is 58.5 Å². The van der Waals surface area contributed by atoms with Crippen molar-refractivity contribution >= 4 is 23.2 Å². The summed E-state index contributed by atoms with van der Waals surface area (Å²) < 4.78 is 80.5. The quantitative estimate of drug-likeness (QED) is 0.589. The Morgan fingerprint density at radius 2 is 1.94 bits per heavy atom. The van der Waals surface area contributed by atoms with E-state index in [1.54, 1.807) is 0 Å². The second kappa shape index (κ2) is 9.24. The minimum atomic E-state index is -5.32. The minimum absolute atomic E-state index is 0.0364. The lowest BCUT2D eigenvalue weighted by atomic mass is 9.86. The molecular formula is C21H18ClF5N2O4. The molecule has 3 rings (SSSR count). The van der Waals surface area contributed by atoms with Crippen LogP contribution in [0.3, 0.4) is 0 Å². The van der Waals surface area contributed by atoms with Crippen LogP contribution in [0.4, 0.5) is 22.0 Å². The number of carbonyl (C=O) groups excluding carboxylic acids is 1. The zero-order valence-corrected chi connectivity index (χ0v) is 18.0. The number of carbonyl (C=O) groups is 1. The average Bonchev–Trinajstić information content (AvgIpc) is 2.73. The number of hydrogen-bond donors (Lipinski definition) is 2. The fraction of sp³-hybridized carbons (Fsp3) is 0.333. The van der Waals surface area contributed by atoms with Crippen molar-refractivity contribution in [2.75, 3.05) is 20.8 Å². The highest BCUT2D eigenvalue weighted by molar-refractivity contribution is 6.31. The molecule has 0 bridgehead atoms. The summed E-state index contributed by atoms with van der Waals surface area (Å²) in [7, 11) is 2.06. The Morgan fingerprint density at radius 1 is 1.24 bits per heavy atom. The molecule has 1 amide bonds. The average molecular weight is 493 g/mol. The summed E-state index contributed by atoms with van der Waals surface area (Å²) in [6, 6.07) is -0.227. The number of halogens is 6. The number of fused-ring (bicyclic) bond motifs is 1. The van der Waals surface area contributed by atoms with Crippen LogP contribution in [0, 0.1) is 11.7 Å². The van der Waals surface area contributed by atoms with Gasteiger partial charge in [-0.3, -0.25) is 9.79 Å². The molecule has 1 aliphatic heterocycles. The first-order valence-corrected chi connectivity index (χ1v) is 9.76. The first-order chi connectivity index (χ1) is 15.4. The van der Waals surface area contributed by atoms with Gasteiger partial charge in [0.2, 0.25) is 11.5 Å². The molecule has 0 fully saturated rings. The van der Waals surface area contributed by atoms with Crippen molar-refractivity contribution in [1.82, 2.24) is 5.32 Å². The lowest BCUT2D eigenvalue weighted by Crippen LogP contribution is -2.53. The second-order valence-corrected chi connectivity index (χ2v) is 7.63. The molecular weight excluding hydrogens is 475 g/mol. The molecule has 1 unspecified atom stereocenters. The summed E-state index contributed by atoms with van der Waals surface area (Å²) in [6.07, 6.45) is -1.06. The van der Waals surface area contributed by atoms with E-state index in [2.05, 4.69) is 15.0 Å². The van der Waals surface area contributed by atoms with Gasteiger partial charge in [-0.25, -0.2) is 8.78 Å². The van der Waals surface area contributed by atoms with E-state index in [0.29, 0.717) is 0 Å². The van der Waals surface area contributed by atoms with Gasteiger partial charge in [-0.05, 0) is 18.2 Å². The third-order valence-corrected chi connectivity index (χ3v) is 5.50. The standard InChI is InChI=1S/C21H18ClF5N2O4/c1-32-9-20(31,21(25,26)27)19(12-3-5-15(33-2)18(24)17(12)22)29-14-8-10(23)7-13-11(14)4-6-16(30)28-13/h3-8,11,19,31H,9H2,1-2H3,(H,28,30)/t11?,19-,20+/m0/s1. The number of nitrogens with zero attached hydrogens (tertiary/aromatic N) is 1. The van der Waals surface area contributed by atoms with Crippen LogP contribution in [0.25, 0.3) is 0 Å². The molecule has 0 spiro atoms. The van der Waals surface area contributed by atoms with E-state index in [4.69, 9.17) is 16.3 Å². The molecule has 1 aromatic rings. The highest BCUT2D eigenvalue weighted by Crippen LogP contribution is 2.46. The van der Waals surface area contributed by atoms with Gasteiger partial charge in [-0.2, -0.15) is 13.2 Å². The summed E-state index contributed by atoms with van der Waals surface area (Å²) in [5.74, 6) is -3.89. The lowest BCUT2D eigenvalue weighted by Gasteiger charge is -2.36. The number of rotatable bonds is 6. The maximum Gasteiger partial charge on any atom is 0.421 e. The van der Waals surface area contributed by atoms with Gasteiger partial charge < -0.3 is 19.9 Å². The maximum absolute atomic E-state index is 14.6. The van der Waals surface area contributed by atoms with Gasteiger partial charge in [0.25, 0.3) is 0 Å². The molecule has 33 heavy (non-hydrogen) atoms. The van der Waals surface area contributed by atoms with Crippen molar-refractivity contribution in [3.05, 3.63) is 64.4 Å². The third kappa shape index (κ3) is 4.66. The predicted molar refractivity (Wildman–Crippen MR) is 109 cm³/mol. The van der Waals surface area contributed by atoms with Crippen LogP contribution in [-0.4, -0.2) is 49.3 Å². The first kappa shape index (κ1) is 24.9. The van der Waals surface area contributed by atoms with Crippen molar-refractivity contribution in [1.29, 1.82) is 0 Å². The number of hydrogen-bond acceptors (Lipinski definition) is 5. The number of benzene rings is 1. The number of methoxy groups -OCH3 is 2. The molecule has 178 valence electrons. The van der Waals surface area contributed by atoms with Crippen LogP contribution in [-0.2, 0) is 9.53 Å². The molecule has 1 heterocycles. The van der Waals surface area contributed by atoms with Crippen molar-refractivity contribution < 1.29 is 41.3 Å². The lowest BCUT2D eigenvalue weighted by molar-refractivity contribution is -0.281. The Kier molecular flexibility index (Phi) is 6.96. The topological polar surface area (TPSA) is 80.2 Å². The molecule has 12 heteroatoms. The Balaban J connectivity index is 2.27. The normalized spacial score (nSPS) is 22.2. The van der Waals surface area contributed by atoms with E-state index >= 15 is 0 Å². The first-order valence-electron chi connectivity index (χ1n) is 9.38. The Hall–Kier alpha value is -2.76. The van der Waals surface area contributed by atoms with E-state index in [-0.39, 0.29) is 17.2 Å². The van der Waals surface area contributed by atoms with E-state index in [9.17, 15) is 31.9 Å². The molecule has 0 radical (unpaired) electrons. The number of nitrogens with one attached hydrogen (secondary N) is 1. The molecule has 6 nitrogen and oxygen atoms in total. The summed E-state index contributed by atoms with van der Waals surface area (Å²) >= 11 is 6.02. The highest BCUT2D eigenvalue weighted by Gasteiger charge is 2.60. The largest absolute Gasteiger partial charge is 0.494 e. The second-order valence-electron chi connectivity index (χ2n) is 7.25. The Bertz CT molecular complexity index is 1080. The van der Waals surface area contributed by atoms with Gasteiger partial charge in [0.15, 0.2) is 11.6 Å². The SMILES string of the molecule is COC[C@@](O)([C@@H](N=C1C=C(F)C=C2NC(=O)C=CC21)c1ccc(OC)c(F)c1Cl)C(F)(F)F. The van der Waals surface area contributed by atoms with Gasteiger partial charge in [0.1, 0.15) is 11.9 Å².